The van der Waals surface area contributed by atoms with E-state index in [2.05, 4.69) is 11.4 Å². The SMILES string of the molecule is CCOc1ccc(CCNC(=O)CCO)cc1C. The molecule has 4 nitrogen and oxygen atoms in total. The molecule has 0 aliphatic heterocycles. The molecule has 18 heavy (non-hydrogen) atoms. The van der Waals surface area contributed by atoms with Gasteiger partial charge in [0.25, 0.3) is 0 Å². The van der Waals surface area contributed by atoms with Crippen LogP contribution in [0.2, 0.25) is 0 Å². The number of benzene rings is 1. The van der Waals surface area contributed by atoms with Crippen molar-refractivity contribution in [1.29, 1.82) is 0 Å². The molecule has 0 aromatic heterocycles. The zero-order chi connectivity index (χ0) is 13.4. The van der Waals surface area contributed by atoms with Crippen molar-refractivity contribution in [1.82, 2.24) is 5.32 Å². The lowest BCUT2D eigenvalue weighted by Crippen LogP contribution is -2.26. The first-order valence-electron chi connectivity index (χ1n) is 6.27. The van der Waals surface area contributed by atoms with Gasteiger partial charge in [-0.25, -0.2) is 0 Å². The number of aryl methyl sites for hydroxylation is 1. The minimum absolute atomic E-state index is 0.103. The summed E-state index contributed by atoms with van der Waals surface area (Å²) in [7, 11) is 0. The van der Waals surface area contributed by atoms with Crippen molar-refractivity contribution in [2.24, 2.45) is 0 Å². The van der Waals surface area contributed by atoms with Crippen LogP contribution in [0.4, 0.5) is 0 Å². The number of amides is 1. The monoisotopic (exact) mass is 251 g/mol. The quantitative estimate of drug-likeness (QED) is 0.771. The van der Waals surface area contributed by atoms with Gasteiger partial charge >= 0.3 is 0 Å². The van der Waals surface area contributed by atoms with Crippen LogP contribution in [0.3, 0.4) is 0 Å². The first-order chi connectivity index (χ1) is 8.67. The summed E-state index contributed by atoms with van der Waals surface area (Å²) in [5.41, 5.74) is 2.27. The lowest BCUT2D eigenvalue weighted by atomic mass is 10.1. The van der Waals surface area contributed by atoms with E-state index in [1.54, 1.807) is 0 Å². The van der Waals surface area contributed by atoms with Crippen LogP contribution in [-0.2, 0) is 11.2 Å². The van der Waals surface area contributed by atoms with Crippen LogP contribution in [-0.4, -0.2) is 30.8 Å². The second kappa shape index (κ2) is 7.71. The number of carbonyl (C=O) groups excluding carboxylic acids is 1. The van der Waals surface area contributed by atoms with Crippen LogP contribution in [0.1, 0.15) is 24.5 Å². The van der Waals surface area contributed by atoms with Gasteiger partial charge in [0.05, 0.1) is 13.2 Å². The first-order valence-corrected chi connectivity index (χ1v) is 6.27. The fourth-order valence-corrected chi connectivity index (χ4v) is 1.72. The van der Waals surface area contributed by atoms with E-state index in [-0.39, 0.29) is 18.9 Å². The standard InChI is InChI=1S/C14H21NO3/c1-3-18-13-5-4-12(10-11(13)2)6-8-15-14(17)7-9-16/h4-5,10,16H,3,6-9H2,1-2H3,(H,15,17). The summed E-state index contributed by atoms with van der Waals surface area (Å²) in [6.07, 6.45) is 0.951. The van der Waals surface area contributed by atoms with Crippen molar-refractivity contribution in [2.45, 2.75) is 26.7 Å². The molecule has 0 spiro atoms. The third-order valence-corrected chi connectivity index (χ3v) is 2.61. The summed E-state index contributed by atoms with van der Waals surface area (Å²) in [5.74, 6) is 0.797. The maximum absolute atomic E-state index is 11.1. The van der Waals surface area contributed by atoms with Crippen molar-refractivity contribution >= 4 is 5.91 Å². The predicted molar refractivity (Wildman–Crippen MR) is 70.8 cm³/mol. The molecule has 0 unspecified atom stereocenters. The lowest BCUT2D eigenvalue weighted by Gasteiger charge is -2.09. The van der Waals surface area contributed by atoms with Gasteiger partial charge in [0.15, 0.2) is 0 Å². The predicted octanol–water partition coefficient (Wildman–Crippen LogP) is 1.43. The Hall–Kier alpha value is -1.55. The van der Waals surface area contributed by atoms with Crippen molar-refractivity contribution in [3.8, 4) is 5.75 Å². The van der Waals surface area contributed by atoms with Crippen LogP contribution < -0.4 is 10.1 Å². The molecule has 0 atom stereocenters. The van der Waals surface area contributed by atoms with Crippen molar-refractivity contribution in [2.75, 3.05) is 19.8 Å². The maximum atomic E-state index is 11.1. The van der Waals surface area contributed by atoms with E-state index in [9.17, 15) is 4.79 Å². The second-order valence-corrected chi connectivity index (χ2v) is 4.11. The van der Waals surface area contributed by atoms with Crippen LogP contribution in [0.15, 0.2) is 18.2 Å². The second-order valence-electron chi connectivity index (χ2n) is 4.11. The molecule has 1 aromatic carbocycles. The number of ether oxygens (including phenoxy) is 1. The molecular formula is C14H21NO3. The third-order valence-electron chi connectivity index (χ3n) is 2.61. The van der Waals surface area contributed by atoms with Gasteiger partial charge in [-0.2, -0.15) is 0 Å². The molecule has 0 bridgehead atoms. The van der Waals surface area contributed by atoms with Gasteiger partial charge in [-0.3, -0.25) is 4.79 Å². The lowest BCUT2D eigenvalue weighted by molar-refractivity contribution is -0.121. The van der Waals surface area contributed by atoms with Gasteiger partial charge in [-0.05, 0) is 37.5 Å². The average Bonchev–Trinajstić information content (AvgIpc) is 2.33. The molecule has 1 amide bonds. The smallest absolute Gasteiger partial charge is 0.222 e. The largest absolute Gasteiger partial charge is 0.494 e. The molecular weight excluding hydrogens is 230 g/mol. The van der Waals surface area contributed by atoms with E-state index in [0.717, 1.165) is 17.7 Å². The number of hydrogen-bond donors (Lipinski definition) is 2. The summed E-state index contributed by atoms with van der Waals surface area (Å²) in [6, 6.07) is 6.04. The number of aliphatic hydroxyl groups is 1. The number of aliphatic hydroxyl groups excluding tert-OH is 1. The topological polar surface area (TPSA) is 58.6 Å². The Bertz CT molecular complexity index is 391. The number of carbonyl (C=O) groups is 1. The summed E-state index contributed by atoms with van der Waals surface area (Å²) in [5, 5.41) is 11.4. The fourth-order valence-electron chi connectivity index (χ4n) is 1.72. The average molecular weight is 251 g/mol. The Morgan fingerprint density at radius 1 is 1.44 bits per heavy atom. The van der Waals surface area contributed by atoms with E-state index in [1.165, 1.54) is 5.56 Å². The highest BCUT2D eigenvalue weighted by Gasteiger charge is 2.02. The molecule has 0 aliphatic rings. The van der Waals surface area contributed by atoms with E-state index in [0.29, 0.717) is 13.2 Å². The molecule has 1 rings (SSSR count). The number of hydrogen-bond acceptors (Lipinski definition) is 3. The molecule has 0 fully saturated rings. The normalized spacial score (nSPS) is 10.2. The van der Waals surface area contributed by atoms with Gasteiger partial charge in [0.2, 0.25) is 5.91 Å². The maximum Gasteiger partial charge on any atom is 0.222 e. The molecule has 2 N–H and O–H groups in total. The molecule has 0 saturated heterocycles. The van der Waals surface area contributed by atoms with Crippen LogP contribution in [0, 0.1) is 6.92 Å². The van der Waals surface area contributed by atoms with Gasteiger partial charge in [0.1, 0.15) is 5.75 Å². The molecule has 1 aromatic rings. The number of rotatable bonds is 7. The zero-order valence-corrected chi connectivity index (χ0v) is 11.0. The van der Waals surface area contributed by atoms with Crippen molar-refractivity contribution < 1.29 is 14.6 Å². The molecule has 0 heterocycles. The molecule has 100 valence electrons. The summed E-state index contributed by atoms with van der Waals surface area (Å²) < 4.78 is 5.47. The Morgan fingerprint density at radius 2 is 2.22 bits per heavy atom. The van der Waals surface area contributed by atoms with Crippen molar-refractivity contribution in [3.05, 3.63) is 29.3 Å². The van der Waals surface area contributed by atoms with E-state index < -0.39 is 0 Å². The van der Waals surface area contributed by atoms with E-state index in [1.807, 2.05) is 26.0 Å². The summed E-state index contributed by atoms with van der Waals surface area (Å²) >= 11 is 0. The highest BCUT2D eigenvalue weighted by Crippen LogP contribution is 2.19. The van der Waals surface area contributed by atoms with Crippen LogP contribution in [0.25, 0.3) is 0 Å². The van der Waals surface area contributed by atoms with E-state index >= 15 is 0 Å². The first kappa shape index (κ1) is 14.5. The third kappa shape index (κ3) is 4.75. The summed E-state index contributed by atoms with van der Waals surface area (Å²) in [6.45, 7) is 5.13. The number of nitrogens with one attached hydrogen (secondary N) is 1. The highest BCUT2D eigenvalue weighted by atomic mass is 16.5. The van der Waals surface area contributed by atoms with Crippen LogP contribution in [0.5, 0.6) is 5.75 Å². The molecule has 0 aliphatic carbocycles. The zero-order valence-electron chi connectivity index (χ0n) is 11.0. The van der Waals surface area contributed by atoms with E-state index in [4.69, 9.17) is 9.84 Å². The Labute approximate surface area is 108 Å². The Balaban J connectivity index is 2.43. The van der Waals surface area contributed by atoms with Gasteiger partial charge < -0.3 is 15.2 Å². The Kier molecular flexibility index (Phi) is 6.22. The Morgan fingerprint density at radius 3 is 2.83 bits per heavy atom. The minimum atomic E-state index is -0.111. The highest BCUT2D eigenvalue weighted by molar-refractivity contribution is 5.75. The molecule has 4 heteroatoms. The molecule has 0 radical (unpaired) electrons. The molecule has 0 saturated carbocycles. The van der Waals surface area contributed by atoms with Gasteiger partial charge in [-0.1, -0.05) is 12.1 Å². The summed E-state index contributed by atoms with van der Waals surface area (Å²) in [4.78, 5) is 11.1. The van der Waals surface area contributed by atoms with Crippen molar-refractivity contribution in [3.63, 3.8) is 0 Å². The van der Waals surface area contributed by atoms with Crippen LogP contribution >= 0.6 is 0 Å². The minimum Gasteiger partial charge on any atom is -0.494 e. The fraction of sp³-hybridized carbons (Fsp3) is 0.500. The van der Waals surface area contributed by atoms with Gasteiger partial charge in [-0.15, -0.1) is 0 Å². The van der Waals surface area contributed by atoms with Gasteiger partial charge in [0, 0.05) is 13.0 Å².